The Hall–Kier alpha value is -1.87. The Morgan fingerprint density at radius 2 is 1.70 bits per heavy atom. The van der Waals surface area contributed by atoms with Gasteiger partial charge in [-0.2, -0.15) is 0 Å². The van der Waals surface area contributed by atoms with Crippen molar-refractivity contribution in [1.82, 2.24) is 0 Å². The largest absolute Gasteiger partial charge is 0.456 e. The fourth-order valence-electron chi connectivity index (χ4n) is 3.84. The summed E-state index contributed by atoms with van der Waals surface area (Å²) in [5.41, 5.74) is 1.59. The number of halogens is 1. The Kier molecular flexibility index (Phi) is 3.61. The number of hydrogen-bond donors (Lipinski definition) is 0. The van der Waals surface area contributed by atoms with Crippen molar-refractivity contribution in [2.24, 2.45) is 5.92 Å². The maximum atomic E-state index is 12.8. The number of carbonyl (C=O) groups excluding carboxylic acids is 1. The first kappa shape index (κ1) is 14.7. The van der Waals surface area contributed by atoms with Crippen LogP contribution in [0.25, 0.3) is 0 Å². The third-order valence-corrected chi connectivity index (χ3v) is 5.72. The SMILES string of the molecule is O=C1O[C@H]2C[C@H](Cc3ccccc3)[C@]1(c1ccccc1)C=C2Br. The fourth-order valence-corrected chi connectivity index (χ4v) is 4.48. The van der Waals surface area contributed by atoms with Crippen LogP contribution in [0.2, 0.25) is 0 Å². The summed E-state index contributed by atoms with van der Waals surface area (Å²) in [7, 11) is 0. The van der Waals surface area contributed by atoms with Crippen LogP contribution in [0.1, 0.15) is 17.5 Å². The van der Waals surface area contributed by atoms with E-state index in [0.717, 1.165) is 22.9 Å². The van der Waals surface area contributed by atoms with Gasteiger partial charge in [-0.15, -0.1) is 0 Å². The van der Waals surface area contributed by atoms with Gasteiger partial charge in [0.25, 0.3) is 0 Å². The van der Waals surface area contributed by atoms with E-state index in [1.807, 2.05) is 36.4 Å². The molecule has 3 aliphatic rings. The highest BCUT2D eigenvalue weighted by molar-refractivity contribution is 9.11. The van der Waals surface area contributed by atoms with Gasteiger partial charge in [-0.05, 0) is 36.0 Å². The lowest BCUT2D eigenvalue weighted by Gasteiger charge is -2.48. The number of ether oxygens (including phenoxy) is 1. The first-order chi connectivity index (χ1) is 11.2. The first-order valence-corrected chi connectivity index (χ1v) is 8.68. The van der Waals surface area contributed by atoms with Gasteiger partial charge in [-0.25, -0.2) is 0 Å². The molecule has 1 fully saturated rings. The zero-order valence-corrected chi connectivity index (χ0v) is 14.2. The molecule has 0 radical (unpaired) electrons. The van der Waals surface area contributed by atoms with E-state index in [1.54, 1.807) is 0 Å². The molecule has 1 saturated heterocycles. The van der Waals surface area contributed by atoms with Crippen molar-refractivity contribution in [2.75, 3.05) is 0 Å². The molecule has 23 heavy (non-hydrogen) atoms. The molecule has 2 heterocycles. The molecule has 2 nitrogen and oxygen atoms in total. The number of rotatable bonds is 3. The molecule has 0 spiro atoms. The van der Waals surface area contributed by atoms with Crippen molar-refractivity contribution in [3.8, 4) is 0 Å². The number of esters is 1. The topological polar surface area (TPSA) is 26.3 Å². The zero-order chi connectivity index (χ0) is 15.9. The Balaban J connectivity index is 1.81. The van der Waals surface area contributed by atoms with Crippen LogP contribution in [0.15, 0.2) is 71.2 Å². The van der Waals surface area contributed by atoms with Gasteiger partial charge in [0.15, 0.2) is 0 Å². The average Bonchev–Trinajstić information content (AvgIpc) is 2.58. The van der Waals surface area contributed by atoms with Crippen LogP contribution in [0.4, 0.5) is 0 Å². The van der Waals surface area contributed by atoms with Crippen LogP contribution in [-0.2, 0) is 21.4 Å². The molecule has 2 aromatic rings. The van der Waals surface area contributed by atoms with Crippen molar-refractivity contribution in [1.29, 1.82) is 0 Å². The summed E-state index contributed by atoms with van der Waals surface area (Å²) in [6.07, 6.45) is 3.67. The normalized spacial score (nSPS) is 29.1. The second-order valence-corrected chi connectivity index (χ2v) is 7.20. The Morgan fingerprint density at radius 1 is 1.04 bits per heavy atom. The number of fused-ring (bicyclic) bond motifs is 2. The summed E-state index contributed by atoms with van der Waals surface area (Å²) in [6, 6.07) is 20.4. The molecule has 0 amide bonds. The third-order valence-electron chi connectivity index (χ3n) is 4.98. The van der Waals surface area contributed by atoms with Crippen molar-refractivity contribution in [3.63, 3.8) is 0 Å². The lowest BCUT2D eigenvalue weighted by Crippen LogP contribution is -2.54. The van der Waals surface area contributed by atoms with E-state index in [1.165, 1.54) is 5.56 Å². The second-order valence-electron chi connectivity index (χ2n) is 6.28. The van der Waals surface area contributed by atoms with Crippen LogP contribution >= 0.6 is 15.9 Å². The van der Waals surface area contributed by atoms with Crippen molar-refractivity contribution in [2.45, 2.75) is 24.4 Å². The zero-order valence-electron chi connectivity index (χ0n) is 12.6. The molecular formula is C20H17BrO2. The predicted octanol–water partition coefficient (Wildman–Crippen LogP) is 4.39. The summed E-state index contributed by atoms with van der Waals surface area (Å²) >= 11 is 3.60. The van der Waals surface area contributed by atoms with E-state index in [2.05, 4.69) is 46.3 Å². The van der Waals surface area contributed by atoms with Crippen LogP contribution in [0.5, 0.6) is 0 Å². The van der Waals surface area contributed by atoms with Crippen molar-refractivity contribution >= 4 is 21.9 Å². The first-order valence-electron chi connectivity index (χ1n) is 7.89. The molecule has 5 rings (SSSR count). The van der Waals surface area contributed by atoms with Gasteiger partial charge >= 0.3 is 5.97 Å². The van der Waals surface area contributed by atoms with Crippen molar-refractivity contribution in [3.05, 3.63) is 82.3 Å². The maximum Gasteiger partial charge on any atom is 0.321 e. The molecule has 0 unspecified atom stereocenters. The summed E-state index contributed by atoms with van der Waals surface area (Å²) < 4.78 is 6.66. The maximum absolute atomic E-state index is 12.8. The molecule has 1 aliphatic carbocycles. The van der Waals surface area contributed by atoms with Crippen LogP contribution in [-0.4, -0.2) is 12.1 Å². The highest BCUT2D eigenvalue weighted by Crippen LogP contribution is 2.51. The Bertz CT molecular complexity index is 754. The van der Waals surface area contributed by atoms with Crippen molar-refractivity contribution < 1.29 is 9.53 Å². The van der Waals surface area contributed by atoms with Gasteiger partial charge in [0.1, 0.15) is 11.5 Å². The van der Waals surface area contributed by atoms with E-state index in [0.29, 0.717) is 0 Å². The monoisotopic (exact) mass is 368 g/mol. The minimum absolute atomic E-state index is 0.121. The summed E-state index contributed by atoms with van der Waals surface area (Å²) in [4.78, 5) is 12.8. The molecule has 2 aliphatic heterocycles. The van der Waals surface area contributed by atoms with E-state index in [4.69, 9.17) is 4.74 Å². The quantitative estimate of drug-likeness (QED) is 0.750. The lowest BCUT2D eigenvalue weighted by atomic mass is 9.62. The van der Waals surface area contributed by atoms with Crippen LogP contribution < -0.4 is 0 Å². The van der Waals surface area contributed by atoms with Crippen LogP contribution in [0.3, 0.4) is 0 Å². The highest BCUT2D eigenvalue weighted by Gasteiger charge is 2.55. The predicted molar refractivity (Wildman–Crippen MR) is 93.3 cm³/mol. The lowest BCUT2D eigenvalue weighted by molar-refractivity contribution is -0.164. The molecule has 2 bridgehead atoms. The van der Waals surface area contributed by atoms with Gasteiger partial charge in [-0.1, -0.05) is 76.6 Å². The summed E-state index contributed by atoms with van der Waals surface area (Å²) in [5.74, 6) is 0.0870. The van der Waals surface area contributed by atoms with Gasteiger partial charge in [0.05, 0.1) is 0 Å². The second kappa shape index (κ2) is 5.64. The standard InChI is InChI=1S/C20H17BrO2/c21-17-13-20(15-9-5-2-6-10-15)16(12-18(17)23-19(20)22)11-14-7-3-1-4-8-14/h1-10,13,16,18H,11-12H2/t16-,18-,20+/m0/s1. The molecule has 0 aromatic heterocycles. The fraction of sp³-hybridized carbons (Fsp3) is 0.250. The Morgan fingerprint density at radius 3 is 2.39 bits per heavy atom. The van der Waals surface area contributed by atoms with E-state index in [-0.39, 0.29) is 18.0 Å². The van der Waals surface area contributed by atoms with E-state index >= 15 is 0 Å². The van der Waals surface area contributed by atoms with Gasteiger partial charge < -0.3 is 4.74 Å². The number of hydrogen-bond acceptors (Lipinski definition) is 2. The Labute approximate surface area is 144 Å². The summed E-state index contributed by atoms with van der Waals surface area (Å²) in [5, 5.41) is 0. The smallest absolute Gasteiger partial charge is 0.321 e. The molecule has 116 valence electrons. The highest BCUT2D eigenvalue weighted by atomic mass is 79.9. The van der Waals surface area contributed by atoms with Gasteiger partial charge in [0.2, 0.25) is 0 Å². The molecule has 3 heteroatoms. The molecule has 0 N–H and O–H groups in total. The summed E-state index contributed by atoms with van der Waals surface area (Å²) in [6.45, 7) is 0. The molecule has 2 aromatic carbocycles. The van der Waals surface area contributed by atoms with E-state index < -0.39 is 5.41 Å². The van der Waals surface area contributed by atoms with Gasteiger partial charge in [-0.3, -0.25) is 4.79 Å². The minimum Gasteiger partial charge on any atom is -0.456 e. The average molecular weight is 369 g/mol. The third kappa shape index (κ3) is 2.34. The molecule has 3 atom stereocenters. The molecule has 0 saturated carbocycles. The van der Waals surface area contributed by atoms with E-state index in [9.17, 15) is 4.79 Å². The number of benzene rings is 2. The van der Waals surface area contributed by atoms with Gasteiger partial charge in [0, 0.05) is 4.48 Å². The van der Waals surface area contributed by atoms with Crippen LogP contribution in [0, 0.1) is 5.92 Å². The minimum atomic E-state index is -0.690. The number of carbonyl (C=O) groups is 1. The molecular weight excluding hydrogens is 352 g/mol.